The van der Waals surface area contributed by atoms with Crippen LogP contribution in [0.3, 0.4) is 0 Å². The molecule has 2 rings (SSSR count). The Balaban J connectivity index is 0.000000711. The summed E-state index contributed by atoms with van der Waals surface area (Å²) in [6, 6.07) is 8.75. The number of aromatic amines is 1. The summed E-state index contributed by atoms with van der Waals surface area (Å²) in [7, 11) is 0. The molecule has 0 spiro atoms. The topological polar surface area (TPSA) is 15.8 Å². The maximum atomic E-state index is 3.42. The van der Waals surface area contributed by atoms with Gasteiger partial charge in [-0.2, -0.15) is 0 Å². The van der Waals surface area contributed by atoms with Crippen molar-refractivity contribution in [1.82, 2.24) is 4.98 Å². The Morgan fingerprint density at radius 1 is 1.13 bits per heavy atom. The summed E-state index contributed by atoms with van der Waals surface area (Å²) in [5.41, 5.74) is 3.89. The third kappa shape index (κ3) is 2.62. The van der Waals surface area contributed by atoms with E-state index in [1.165, 1.54) is 22.2 Å². The molecule has 1 N–H and O–H groups in total. The molecular formula is C14H23N. The Bertz CT molecular complexity index is 429. The standard InChI is InChI=1S/C12H15N.C2H6.H2/c1-8(2)12-7-10-6-9(3)4-5-11(10)13-12;1-2;/h4-8,13H,1-3H3;1-2H3;1H. The van der Waals surface area contributed by atoms with Crippen LogP contribution in [0.2, 0.25) is 0 Å². The molecule has 0 aliphatic rings. The lowest BCUT2D eigenvalue weighted by atomic mass is 10.1. The molecule has 1 aromatic carbocycles. The lowest BCUT2D eigenvalue weighted by molar-refractivity contribution is 0.836. The number of H-pyrrole nitrogens is 1. The van der Waals surface area contributed by atoms with E-state index in [9.17, 15) is 0 Å². The maximum Gasteiger partial charge on any atom is 0.0456 e. The van der Waals surface area contributed by atoms with Crippen LogP contribution in [0.25, 0.3) is 10.9 Å². The average molecular weight is 205 g/mol. The van der Waals surface area contributed by atoms with Crippen molar-refractivity contribution in [1.29, 1.82) is 0 Å². The predicted octanol–water partition coefficient (Wildman–Crippen LogP) is 4.87. The van der Waals surface area contributed by atoms with Gasteiger partial charge in [0.25, 0.3) is 0 Å². The Morgan fingerprint density at radius 3 is 2.40 bits per heavy atom. The quantitative estimate of drug-likeness (QED) is 0.683. The lowest BCUT2D eigenvalue weighted by Gasteiger charge is -1.97. The van der Waals surface area contributed by atoms with Crippen molar-refractivity contribution in [2.45, 2.75) is 40.5 Å². The monoisotopic (exact) mass is 205 g/mol. The Kier molecular flexibility index (Phi) is 3.96. The molecule has 0 aliphatic heterocycles. The molecule has 0 fully saturated rings. The second-order valence-corrected chi connectivity index (χ2v) is 3.97. The van der Waals surface area contributed by atoms with Crippen LogP contribution in [0, 0.1) is 6.92 Å². The van der Waals surface area contributed by atoms with Crippen molar-refractivity contribution in [2.24, 2.45) is 0 Å². The molecule has 0 amide bonds. The van der Waals surface area contributed by atoms with Gasteiger partial charge in [-0.3, -0.25) is 0 Å². The van der Waals surface area contributed by atoms with E-state index in [2.05, 4.69) is 50.0 Å². The van der Waals surface area contributed by atoms with Crippen molar-refractivity contribution in [3.63, 3.8) is 0 Å². The van der Waals surface area contributed by atoms with Crippen LogP contribution in [0.5, 0.6) is 0 Å². The van der Waals surface area contributed by atoms with Gasteiger partial charge < -0.3 is 4.98 Å². The van der Waals surface area contributed by atoms with Crippen molar-refractivity contribution >= 4 is 10.9 Å². The molecule has 0 unspecified atom stereocenters. The summed E-state index contributed by atoms with van der Waals surface area (Å²) >= 11 is 0. The van der Waals surface area contributed by atoms with E-state index in [0.29, 0.717) is 5.92 Å². The van der Waals surface area contributed by atoms with Crippen LogP contribution in [-0.2, 0) is 0 Å². The zero-order valence-electron chi connectivity index (χ0n) is 10.4. The van der Waals surface area contributed by atoms with Crippen LogP contribution < -0.4 is 0 Å². The van der Waals surface area contributed by atoms with E-state index >= 15 is 0 Å². The summed E-state index contributed by atoms with van der Waals surface area (Å²) < 4.78 is 0. The number of fused-ring (bicyclic) bond motifs is 1. The van der Waals surface area contributed by atoms with Gasteiger partial charge in [0.2, 0.25) is 0 Å². The zero-order chi connectivity index (χ0) is 11.4. The summed E-state index contributed by atoms with van der Waals surface area (Å²) in [6.07, 6.45) is 0. The van der Waals surface area contributed by atoms with Gasteiger partial charge in [-0.05, 0) is 36.4 Å². The molecule has 0 saturated heterocycles. The summed E-state index contributed by atoms with van der Waals surface area (Å²) in [4.78, 5) is 3.42. The normalized spacial score (nSPS) is 10.3. The summed E-state index contributed by atoms with van der Waals surface area (Å²) in [5.74, 6) is 0.577. The fraction of sp³-hybridized carbons (Fsp3) is 0.429. The van der Waals surface area contributed by atoms with Crippen molar-refractivity contribution in [3.8, 4) is 0 Å². The van der Waals surface area contributed by atoms with Crippen molar-refractivity contribution in [3.05, 3.63) is 35.5 Å². The molecule has 0 aliphatic carbocycles. The fourth-order valence-corrected chi connectivity index (χ4v) is 1.59. The third-order valence-electron chi connectivity index (χ3n) is 2.42. The van der Waals surface area contributed by atoms with E-state index in [0.717, 1.165) is 0 Å². The first kappa shape index (κ1) is 11.8. The number of hydrogen-bond donors (Lipinski definition) is 1. The molecule has 1 heterocycles. The minimum Gasteiger partial charge on any atom is -0.358 e. The molecule has 1 nitrogen and oxygen atoms in total. The maximum absolute atomic E-state index is 3.42. The minimum atomic E-state index is 0. The number of benzene rings is 1. The van der Waals surface area contributed by atoms with E-state index in [1.807, 2.05) is 13.8 Å². The Morgan fingerprint density at radius 2 is 1.80 bits per heavy atom. The highest BCUT2D eigenvalue weighted by Gasteiger charge is 2.03. The molecule has 2 aromatic rings. The number of aromatic nitrogens is 1. The van der Waals surface area contributed by atoms with Gasteiger partial charge in [-0.25, -0.2) is 0 Å². The third-order valence-corrected chi connectivity index (χ3v) is 2.42. The first-order valence-corrected chi connectivity index (χ1v) is 5.76. The van der Waals surface area contributed by atoms with E-state index in [1.54, 1.807) is 0 Å². The molecular weight excluding hydrogens is 182 g/mol. The van der Waals surface area contributed by atoms with Gasteiger partial charge in [0.1, 0.15) is 0 Å². The van der Waals surface area contributed by atoms with Gasteiger partial charge in [0.15, 0.2) is 0 Å². The predicted molar refractivity (Wildman–Crippen MR) is 70.6 cm³/mol. The molecule has 0 atom stereocenters. The second-order valence-electron chi connectivity index (χ2n) is 3.97. The number of nitrogens with one attached hydrogen (secondary N) is 1. The largest absolute Gasteiger partial charge is 0.358 e. The minimum absolute atomic E-state index is 0. The van der Waals surface area contributed by atoms with E-state index in [-0.39, 0.29) is 1.43 Å². The SMILES string of the molecule is CC.Cc1ccc2[nH]c(C(C)C)cc2c1.[HH]. The first-order chi connectivity index (χ1) is 7.16. The van der Waals surface area contributed by atoms with Gasteiger partial charge >= 0.3 is 0 Å². The lowest BCUT2D eigenvalue weighted by Crippen LogP contribution is -1.84. The van der Waals surface area contributed by atoms with E-state index in [4.69, 9.17) is 0 Å². The zero-order valence-corrected chi connectivity index (χ0v) is 10.4. The molecule has 15 heavy (non-hydrogen) atoms. The highest BCUT2D eigenvalue weighted by molar-refractivity contribution is 5.81. The highest BCUT2D eigenvalue weighted by atomic mass is 14.7. The average Bonchev–Trinajstić information content (AvgIpc) is 2.63. The first-order valence-electron chi connectivity index (χ1n) is 5.76. The molecule has 1 heteroatoms. The Hall–Kier alpha value is -1.24. The van der Waals surface area contributed by atoms with Crippen LogP contribution >= 0.6 is 0 Å². The smallest absolute Gasteiger partial charge is 0.0456 e. The molecule has 0 radical (unpaired) electrons. The summed E-state index contributed by atoms with van der Waals surface area (Å²) in [6.45, 7) is 10.5. The molecule has 1 aromatic heterocycles. The van der Waals surface area contributed by atoms with Gasteiger partial charge in [-0.1, -0.05) is 39.3 Å². The molecule has 84 valence electrons. The van der Waals surface area contributed by atoms with E-state index < -0.39 is 0 Å². The molecule has 0 saturated carbocycles. The Labute approximate surface area is 94.0 Å². The van der Waals surface area contributed by atoms with Gasteiger partial charge in [0, 0.05) is 12.6 Å². The summed E-state index contributed by atoms with van der Waals surface area (Å²) in [5, 5.41) is 1.32. The van der Waals surface area contributed by atoms with Gasteiger partial charge in [-0.15, -0.1) is 0 Å². The van der Waals surface area contributed by atoms with Crippen LogP contribution in [0.4, 0.5) is 0 Å². The van der Waals surface area contributed by atoms with Crippen molar-refractivity contribution in [2.75, 3.05) is 0 Å². The number of hydrogen-bond acceptors (Lipinski definition) is 0. The second kappa shape index (κ2) is 5.01. The van der Waals surface area contributed by atoms with Crippen molar-refractivity contribution < 1.29 is 1.43 Å². The highest BCUT2D eigenvalue weighted by Crippen LogP contribution is 2.21. The van der Waals surface area contributed by atoms with Crippen LogP contribution in [0.1, 0.15) is 46.3 Å². The van der Waals surface area contributed by atoms with Crippen LogP contribution in [0.15, 0.2) is 24.3 Å². The number of rotatable bonds is 1. The van der Waals surface area contributed by atoms with Crippen LogP contribution in [-0.4, -0.2) is 4.98 Å². The number of aryl methyl sites for hydroxylation is 1. The fourth-order valence-electron chi connectivity index (χ4n) is 1.59. The molecule has 0 bridgehead atoms. The van der Waals surface area contributed by atoms with Gasteiger partial charge in [0.05, 0.1) is 0 Å².